The Balaban J connectivity index is 2.08. The summed E-state index contributed by atoms with van der Waals surface area (Å²) in [6.45, 7) is 1.62. The molecule has 0 saturated carbocycles. The van der Waals surface area contributed by atoms with Gasteiger partial charge in [-0.3, -0.25) is 0 Å². The zero-order chi connectivity index (χ0) is 15.7. The van der Waals surface area contributed by atoms with Crippen molar-refractivity contribution in [2.45, 2.75) is 6.92 Å². The summed E-state index contributed by atoms with van der Waals surface area (Å²) in [6, 6.07) is 10.9. The van der Waals surface area contributed by atoms with Crippen LogP contribution in [0.25, 0.3) is 15.9 Å². The Morgan fingerprint density at radius 1 is 1.50 bits per heavy atom. The van der Waals surface area contributed by atoms with Gasteiger partial charge in [0.25, 0.3) is 0 Å². The Labute approximate surface area is 135 Å². The van der Waals surface area contributed by atoms with Crippen molar-refractivity contribution in [1.82, 2.24) is 9.78 Å². The van der Waals surface area contributed by atoms with E-state index in [1.54, 1.807) is 29.0 Å². The number of ether oxygens (including phenoxy) is 1. The van der Waals surface area contributed by atoms with Gasteiger partial charge in [-0.25, -0.2) is 9.48 Å². The normalized spacial score (nSPS) is 10.6. The molecule has 5 nitrogen and oxygen atoms in total. The molecule has 3 rings (SSSR count). The van der Waals surface area contributed by atoms with Crippen LogP contribution in [0, 0.1) is 18.3 Å². The lowest BCUT2D eigenvalue weighted by molar-refractivity contribution is 0.0561. The fourth-order valence-corrected chi connectivity index (χ4v) is 3.36. The third-order valence-corrected chi connectivity index (χ3v) is 4.39. The number of benzene rings is 1. The number of fused-ring (bicyclic) bond motifs is 1. The number of halogens is 1. The number of hydrogen-bond donors (Lipinski definition) is 0. The summed E-state index contributed by atoms with van der Waals surface area (Å²) >= 11 is 7.30. The van der Waals surface area contributed by atoms with Gasteiger partial charge in [0.05, 0.1) is 11.4 Å². The van der Waals surface area contributed by atoms with Gasteiger partial charge in [-0.2, -0.15) is 10.4 Å². The molecule has 0 spiro atoms. The van der Waals surface area contributed by atoms with E-state index in [-0.39, 0.29) is 6.61 Å². The summed E-state index contributed by atoms with van der Waals surface area (Å²) in [5.41, 5.74) is 1.63. The molecule has 110 valence electrons. The molecule has 0 aliphatic rings. The summed E-state index contributed by atoms with van der Waals surface area (Å²) in [5, 5.41) is 14.5. The van der Waals surface area contributed by atoms with Gasteiger partial charge in [0.1, 0.15) is 15.8 Å². The molecule has 2 aromatic heterocycles. The third-order valence-electron chi connectivity index (χ3n) is 3.07. The lowest BCUT2D eigenvalue weighted by Gasteiger charge is -2.02. The van der Waals surface area contributed by atoms with Crippen molar-refractivity contribution in [1.29, 1.82) is 5.26 Å². The predicted molar refractivity (Wildman–Crippen MR) is 84.6 cm³/mol. The van der Waals surface area contributed by atoms with Gasteiger partial charge >= 0.3 is 5.97 Å². The molecule has 1 aromatic carbocycles. The van der Waals surface area contributed by atoms with E-state index in [1.165, 1.54) is 11.3 Å². The van der Waals surface area contributed by atoms with Gasteiger partial charge in [-0.05, 0) is 31.2 Å². The van der Waals surface area contributed by atoms with Crippen molar-refractivity contribution in [2.24, 2.45) is 0 Å². The highest BCUT2D eigenvalue weighted by molar-refractivity contribution is 7.20. The van der Waals surface area contributed by atoms with Gasteiger partial charge in [-0.1, -0.05) is 17.7 Å². The first-order chi connectivity index (χ1) is 10.6. The number of thiophene rings is 1. The number of hydrogen-bond acceptors (Lipinski definition) is 5. The van der Waals surface area contributed by atoms with E-state index in [9.17, 15) is 4.79 Å². The molecule has 3 aromatic rings. The van der Waals surface area contributed by atoms with Crippen molar-refractivity contribution in [3.8, 4) is 11.8 Å². The molecule has 0 N–H and O–H groups in total. The maximum Gasteiger partial charge on any atom is 0.349 e. The Hall–Kier alpha value is -2.36. The van der Waals surface area contributed by atoms with Gasteiger partial charge in [0.15, 0.2) is 6.61 Å². The molecule has 0 bridgehead atoms. The predicted octanol–water partition coefficient (Wildman–Crippen LogP) is 3.73. The molecular weight excluding hydrogens is 322 g/mol. The molecule has 0 atom stereocenters. The van der Waals surface area contributed by atoms with Crippen molar-refractivity contribution in [3.63, 3.8) is 0 Å². The average Bonchev–Trinajstić information content (AvgIpc) is 3.06. The summed E-state index contributed by atoms with van der Waals surface area (Å²) in [5.74, 6) is -0.500. The van der Waals surface area contributed by atoms with Crippen LogP contribution in [0.5, 0.6) is 0 Å². The van der Waals surface area contributed by atoms with E-state index in [1.807, 2.05) is 19.1 Å². The van der Waals surface area contributed by atoms with Crippen molar-refractivity contribution >= 4 is 39.1 Å². The van der Waals surface area contributed by atoms with E-state index in [4.69, 9.17) is 21.6 Å². The molecule has 0 saturated heterocycles. The van der Waals surface area contributed by atoms with Crippen molar-refractivity contribution in [2.75, 3.05) is 6.61 Å². The van der Waals surface area contributed by atoms with E-state index >= 15 is 0 Å². The summed E-state index contributed by atoms with van der Waals surface area (Å²) < 4.78 is 6.59. The van der Waals surface area contributed by atoms with E-state index < -0.39 is 5.97 Å². The van der Waals surface area contributed by atoms with Crippen molar-refractivity contribution in [3.05, 3.63) is 45.9 Å². The van der Waals surface area contributed by atoms with Crippen LogP contribution in [-0.2, 0) is 4.74 Å². The Kier molecular flexibility index (Phi) is 3.84. The fourth-order valence-electron chi connectivity index (χ4n) is 2.10. The zero-order valence-corrected chi connectivity index (χ0v) is 13.1. The molecule has 22 heavy (non-hydrogen) atoms. The number of esters is 1. The molecule has 0 amide bonds. The first-order valence-electron chi connectivity index (χ1n) is 6.39. The van der Waals surface area contributed by atoms with Gasteiger partial charge in [-0.15, -0.1) is 11.3 Å². The summed E-state index contributed by atoms with van der Waals surface area (Å²) in [6.07, 6.45) is 0. The first-order valence-corrected chi connectivity index (χ1v) is 7.59. The minimum atomic E-state index is -0.500. The number of aromatic nitrogens is 2. The SMILES string of the molecule is Cc1nn(-c2cccc(Cl)c2)c2sc(C(=O)OCC#N)cc12. The fraction of sp³-hybridized carbons (Fsp3) is 0.133. The van der Waals surface area contributed by atoms with Gasteiger partial charge in [0.2, 0.25) is 0 Å². The zero-order valence-electron chi connectivity index (χ0n) is 11.5. The molecule has 0 unspecified atom stereocenters. The maximum atomic E-state index is 11.9. The smallest absolute Gasteiger partial charge is 0.349 e. The Morgan fingerprint density at radius 2 is 2.32 bits per heavy atom. The second-order valence-corrected chi connectivity index (χ2v) is 6.01. The van der Waals surface area contributed by atoms with Crippen LogP contribution in [0.15, 0.2) is 30.3 Å². The topological polar surface area (TPSA) is 67.9 Å². The molecule has 0 aliphatic carbocycles. The highest BCUT2D eigenvalue weighted by Crippen LogP contribution is 2.31. The summed E-state index contributed by atoms with van der Waals surface area (Å²) in [4.78, 5) is 13.2. The molecular formula is C15H10ClN3O2S. The lowest BCUT2D eigenvalue weighted by atomic mass is 10.3. The third kappa shape index (κ3) is 2.56. The van der Waals surface area contributed by atoms with E-state index in [0.717, 1.165) is 21.6 Å². The van der Waals surface area contributed by atoms with E-state index in [2.05, 4.69) is 5.10 Å². The quantitative estimate of drug-likeness (QED) is 0.686. The number of nitrogens with zero attached hydrogens (tertiary/aromatic N) is 3. The van der Waals surface area contributed by atoms with Crippen LogP contribution in [0.3, 0.4) is 0 Å². The monoisotopic (exact) mass is 331 g/mol. The minimum absolute atomic E-state index is 0.257. The highest BCUT2D eigenvalue weighted by Gasteiger charge is 2.18. The van der Waals surface area contributed by atoms with Crippen molar-refractivity contribution < 1.29 is 9.53 Å². The second kappa shape index (κ2) is 5.79. The Morgan fingerprint density at radius 3 is 3.05 bits per heavy atom. The maximum absolute atomic E-state index is 11.9. The molecule has 0 radical (unpaired) electrons. The highest BCUT2D eigenvalue weighted by atomic mass is 35.5. The van der Waals surface area contributed by atoms with Crippen LogP contribution in [-0.4, -0.2) is 22.4 Å². The van der Waals surface area contributed by atoms with Crippen LogP contribution < -0.4 is 0 Å². The lowest BCUT2D eigenvalue weighted by Crippen LogP contribution is -2.02. The molecule has 0 fully saturated rings. The van der Waals surface area contributed by atoms with Crippen LogP contribution >= 0.6 is 22.9 Å². The van der Waals surface area contributed by atoms with E-state index in [0.29, 0.717) is 9.90 Å². The number of nitriles is 1. The number of aryl methyl sites for hydroxylation is 1. The van der Waals surface area contributed by atoms with Gasteiger partial charge < -0.3 is 4.74 Å². The van der Waals surface area contributed by atoms with Crippen LogP contribution in [0.1, 0.15) is 15.4 Å². The van der Waals surface area contributed by atoms with Crippen LogP contribution in [0.4, 0.5) is 0 Å². The molecule has 0 aliphatic heterocycles. The minimum Gasteiger partial charge on any atom is -0.446 e. The summed E-state index contributed by atoms with van der Waals surface area (Å²) in [7, 11) is 0. The average molecular weight is 332 g/mol. The Bertz CT molecular complexity index is 907. The number of rotatable bonds is 3. The number of carbonyl (C=O) groups excluding carboxylic acids is 1. The van der Waals surface area contributed by atoms with Crippen LogP contribution in [0.2, 0.25) is 5.02 Å². The number of carbonyl (C=O) groups is 1. The second-order valence-electron chi connectivity index (χ2n) is 4.54. The van der Waals surface area contributed by atoms with Gasteiger partial charge in [0, 0.05) is 10.4 Å². The standard InChI is InChI=1S/C15H10ClN3O2S/c1-9-12-8-13(15(20)21-6-5-17)22-14(12)19(18-9)11-4-2-3-10(16)7-11/h2-4,7-8H,6H2,1H3. The molecule has 2 heterocycles. The largest absolute Gasteiger partial charge is 0.446 e. The molecule has 7 heteroatoms. The first kappa shape index (κ1) is 14.6.